The Kier molecular flexibility index (Phi) is 6.12. The van der Waals surface area contributed by atoms with Crippen LogP contribution in [0.15, 0.2) is 71.8 Å². The Balaban J connectivity index is 1.40. The zero-order chi connectivity index (χ0) is 24.6. The van der Waals surface area contributed by atoms with E-state index in [4.69, 9.17) is 4.98 Å². The minimum atomic E-state index is -3.25. The summed E-state index contributed by atoms with van der Waals surface area (Å²) in [5, 5.41) is 4.65. The van der Waals surface area contributed by atoms with E-state index in [0.29, 0.717) is 31.0 Å². The fraction of sp³-hybridized carbons (Fsp3) is 0.269. The van der Waals surface area contributed by atoms with E-state index < -0.39 is 9.84 Å². The molecule has 1 aliphatic rings. The van der Waals surface area contributed by atoms with Crippen LogP contribution in [0.1, 0.15) is 18.3 Å². The molecular weight excluding hydrogens is 462 g/mol. The van der Waals surface area contributed by atoms with Gasteiger partial charge in [0, 0.05) is 43.2 Å². The number of carbonyl (C=O) groups is 1. The highest BCUT2D eigenvalue weighted by Gasteiger charge is 2.24. The smallest absolute Gasteiger partial charge is 0.241 e. The summed E-state index contributed by atoms with van der Waals surface area (Å²) in [6.07, 6.45) is 3.58. The zero-order valence-corrected chi connectivity index (χ0v) is 20.6. The Hall–Kier alpha value is -3.56. The normalized spacial score (nSPS) is 15.1. The summed E-state index contributed by atoms with van der Waals surface area (Å²) >= 11 is 0. The molecule has 180 valence electrons. The SMILES string of the molecule is CCN1CCN(c2cccc(Cc3nc4c(-c5ccc(S(C)(=O)=O)cc5)cccn4n3)c2)C(=O)C1. The van der Waals surface area contributed by atoms with Gasteiger partial charge in [-0.1, -0.05) is 31.2 Å². The summed E-state index contributed by atoms with van der Waals surface area (Å²) in [5.41, 5.74) is 4.38. The third-order valence-electron chi connectivity index (χ3n) is 6.33. The zero-order valence-electron chi connectivity index (χ0n) is 19.8. The van der Waals surface area contributed by atoms with Gasteiger partial charge < -0.3 is 4.90 Å². The fourth-order valence-corrected chi connectivity index (χ4v) is 5.04. The lowest BCUT2D eigenvalue weighted by atomic mass is 10.1. The molecule has 8 nitrogen and oxygen atoms in total. The predicted octanol–water partition coefficient (Wildman–Crippen LogP) is 3.06. The maximum absolute atomic E-state index is 12.6. The molecule has 0 spiro atoms. The predicted molar refractivity (Wildman–Crippen MR) is 135 cm³/mol. The average molecular weight is 490 g/mol. The Morgan fingerprint density at radius 1 is 1.00 bits per heavy atom. The third kappa shape index (κ3) is 4.82. The van der Waals surface area contributed by atoms with E-state index in [2.05, 4.69) is 16.9 Å². The van der Waals surface area contributed by atoms with Crippen LogP contribution >= 0.6 is 0 Å². The molecule has 35 heavy (non-hydrogen) atoms. The summed E-state index contributed by atoms with van der Waals surface area (Å²) < 4.78 is 25.3. The Morgan fingerprint density at radius 2 is 1.80 bits per heavy atom. The van der Waals surface area contributed by atoms with Gasteiger partial charge in [0.15, 0.2) is 21.3 Å². The summed E-state index contributed by atoms with van der Waals surface area (Å²) in [6.45, 7) is 4.95. The Labute approximate surface area is 204 Å². The molecule has 1 aliphatic heterocycles. The van der Waals surface area contributed by atoms with E-state index in [1.54, 1.807) is 28.8 Å². The van der Waals surface area contributed by atoms with Gasteiger partial charge in [-0.2, -0.15) is 5.10 Å². The maximum Gasteiger partial charge on any atom is 0.241 e. The standard InChI is InChI=1S/C26H27N5O3S/c1-3-29-14-15-30(25(32)18-29)21-7-4-6-19(16-21)17-24-27-26-23(8-5-13-31(26)28-24)20-9-11-22(12-10-20)35(2,33)34/h4-13,16H,3,14-15,17-18H2,1-2H3. The van der Waals surface area contributed by atoms with Crippen molar-refractivity contribution in [1.29, 1.82) is 0 Å². The lowest BCUT2D eigenvalue weighted by molar-refractivity contribution is -0.121. The first kappa shape index (κ1) is 23.2. The van der Waals surface area contributed by atoms with Crippen molar-refractivity contribution in [3.63, 3.8) is 0 Å². The van der Waals surface area contributed by atoms with Crippen LogP contribution in [-0.2, 0) is 21.1 Å². The second-order valence-corrected chi connectivity index (χ2v) is 10.8. The number of hydrogen-bond acceptors (Lipinski definition) is 6. The number of amides is 1. The average Bonchev–Trinajstić information content (AvgIpc) is 3.26. The molecule has 1 fully saturated rings. The van der Waals surface area contributed by atoms with Gasteiger partial charge in [-0.25, -0.2) is 17.9 Å². The topological polar surface area (TPSA) is 87.9 Å². The molecule has 0 aliphatic carbocycles. The van der Waals surface area contributed by atoms with Crippen molar-refractivity contribution in [2.24, 2.45) is 0 Å². The van der Waals surface area contributed by atoms with Crippen molar-refractivity contribution in [3.05, 3.63) is 78.2 Å². The van der Waals surface area contributed by atoms with Crippen LogP contribution in [0.4, 0.5) is 5.69 Å². The van der Waals surface area contributed by atoms with Crippen molar-refractivity contribution in [3.8, 4) is 11.1 Å². The van der Waals surface area contributed by atoms with Gasteiger partial charge in [0.05, 0.1) is 11.4 Å². The molecule has 3 heterocycles. The van der Waals surface area contributed by atoms with Gasteiger partial charge in [-0.05, 0) is 54.1 Å². The number of hydrogen-bond donors (Lipinski definition) is 0. The number of benzene rings is 2. The van der Waals surface area contributed by atoms with E-state index in [0.717, 1.165) is 35.5 Å². The van der Waals surface area contributed by atoms with Gasteiger partial charge in [0.1, 0.15) is 0 Å². The highest BCUT2D eigenvalue weighted by atomic mass is 32.2. The molecule has 4 aromatic rings. The van der Waals surface area contributed by atoms with Crippen LogP contribution in [0.25, 0.3) is 16.8 Å². The highest BCUT2D eigenvalue weighted by molar-refractivity contribution is 7.90. The number of pyridine rings is 1. The van der Waals surface area contributed by atoms with E-state index in [-0.39, 0.29) is 10.8 Å². The van der Waals surface area contributed by atoms with E-state index in [1.807, 2.05) is 47.5 Å². The minimum absolute atomic E-state index is 0.118. The molecule has 0 radical (unpaired) electrons. The molecular formula is C26H27N5O3S. The molecule has 1 saturated heterocycles. The maximum atomic E-state index is 12.6. The van der Waals surface area contributed by atoms with Crippen LogP contribution in [0.3, 0.4) is 0 Å². The Morgan fingerprint density at radius 3 is 2.51 bits per heavy atom. The molecule has 0 bridgehead atoms. The van der Waals surface area contributed by atoms with Gasteiger partial charge in [-0.15, -0.1) is 0 Å². The highest BCUT2D eigenvalue weighted by Crippen LogP contribution is 2.26. The van der Waals surface area contributed by atoms with Crippen LogP contribution in [0, 0.1) is 0 Å². The molecule has 9 heteroatoms. The van der Waals surface area contributed by atoms with Crippen LogP contribution in [0.2, 0.25) is 0 Å². The first-order valence-corrected chi connectivity index (χ1v) is 13.5. The summed E-state index contributed by atoms with van der Waals surface area (Å²) in [4.78, 5) is 21.7. The van der Waals surface area contributed by atoms with Gasteiger partial charge >= 0.3 is 0 Å². The number of sulfone groups is 1. The van der Waals surface area contributed by atoms with Crippen molar-refractivity contribution in [2.75, 3.05) is 37.3 Å². The lowest BCUT2D eigenvalue weighted by Crippen LogP contribution is -2.50. The van der Waals surface area contributed by atoms with E-state index >= 15 is 0 Å². The Bertz CT molecular complexity index is 1500. The number of fused-ring (bicyclic) bond motifs is 1. The number of aromatic nitrogens is 3. The molecule has 2 aromatic carbocycles. The fourth-order valence-electron chi connectivity index (χ4n) is 4.41. The third-order valence-corrected chi connectivity index (χ3v) is 7.46. The molecule has 0 unspecified atom stereocenters. The minimum Gasteiger partial charge on any atom is -0.310 e. The second-order valence-electron chi connectivity index (χ2n) is 8.78. The summed E-state index contributed by atoms with van der Waals surface area (Å²) in [5.74, 6) is 0.789. The van der Waals surface area contributed by atoms with Gasteiger partial charge in [-0.3, -0.25) is 9.69 Å². The van der Waals surface area contributed by atoms with Crippen molar-refractivity contribution in [2.45, 2.75) is 18.2 Å². The number of anilines is 1. The van der Waals surface area contributed by atoms with Crippen molar-refractivity contribution < 1.29 is 13.2 Å². The first-order valence-electron chi connectivity index (χ1n) is 11.6. The van der Waals surface area contributed by atoms with Crippen LogP contribution < -0.4 is 4.90 Å². The van der Waals surface area contributed by atoms with Crippen molar-refractivity contribution >= 4 is 27.1 Å². The van der Waals surface area contributed by atoms with Gasteiger partial charge in [0.2, 0.25) is 5.91 Å². The number of piperazine rings is 1. The van der Waals surface area contributed by atoms with E-state index in [9.17, 15) is 13.2 Å². The van der Waals surface area contributed by atoms with E-state index in [1.165, 1.54) is 6.26 Å². The lowest BCUT2D eigenvalue weighted by Gasteiger charge is -2.33. The molecule has 0 saturated carbocycles. The first-order chi connectivity index (χ1) is 16.8. The number of nitrogens with zero attached hydrogens (tertiary/aromatic N) is 5. The molecule has 0 atom stereocenters. The van der Waals surface area contributed by atoms with Gasteiger partial charge in [0.25, 0.3) is 0 Å². The number of rotatable bonds is 6. The van der Waals surface area contributed by atoms with Crippen molar-refractivity contribution in [1.82, 2.24) is 19.5 Å². The molecule has 5 rings (SSSR count). The summed E-state index contributed by atoms with van der Waals surface area (Å²) in [6, 6.07) is 18.6. The quantitative estimate of drug-likeness (QED) is 0.414. The van der Waals surface area contributed by atoms with Crippen LogP contribution in [-0.4, -0.2) is 66.3 Å². The molecule has 1 amide bonds. The number of carbonyl (C=O) groups excluding carboxylic acids is 1. The number of likely N-dealkylation sites (N-methyl/N-ethyl adjacent to an activating group) is 1. The van der Waals surface area contributed by atoms with Crippen LogP contribution in [0.5, 0.6) is 0 Å². The molecule has 0 N–H and O–H groups in total. The summed E-state index contributed by atoms with van der Waals surface area (Å²) in [7, 11) is -3.25. The second kappa shape index (κ2) is 9.24. The monoisotopic (exact) mass is 489 g/mol. The largest absolute Gasteiger partial charge is 0.310 e. The molecule has 2 aromatic heterocycles.